The van der Waals surface area contributed by atoms with Gasteiger partial charge in [-0.25, -0.2) is 0 Å². The summed E-state index contributed by atoms with van der Waals surface area (Å²) < 4.78 is 0. The molecule has 7 heteroatoms. The van der Waals surface area contributed by atoms with E-state index in [9.17, 15) is 4.79 Å². The van der Waals surface area contributed by atoms with Crippen molar-refractivity contribution in [1.82, 2.24) is 10.2 Å². The Bertz CT molecular complexity index is 832. The lowest BCUT2D eigenvalue weighted by molar-refractivity contribution is -0.115. The molecule has 1 heterocycles. The summed E-state index contributed by atoms with van der Waals surface area (Å²) in [6.45, 7) is 0. The number of nitrogens with one attached hydrogen (secondary N) is 1. The zero-order valence-corrected chi connectivity index (χ0v) is 14.8. The van der Waals surface area contributed by atoms with Gasteiger partial charge >= 0.3 is 0 Å². The normalized spacial score (nSPS) is 10.6. The van der Waals surface area contributed by atoms with E-state index in [4.69, 9.17) is 23.2 Å². The van der Waals surface area contributed by atoms with Gasteiger partial charge in [-0.05, 0) is 35.4 Å². The zero-order valence-electron chi connectivity index (χ0n) is 12.5. The number of carbonyl (C=O) groups excluding carboxylic acids is 1. The standard InChI is InChI=1S/C17H13Cl2N3OS/c18-13-5-1-11(2-6-13)9-15(23)20-17-22-21-16(24-17)10-12-3-7-14(19)8-4-12/h1-8H,9-10H2,(H,20,22,23). The summed E-state index contributed by atoms with van der Waals surface area (Å²) in [7, 11) is 0. The summed E-state index contributed by atoms with van der Waals surface area (Å²) in [5.41, 5.74) is 1.98. The highest BCUT2D eigenvalue weighted by atomic mass is 35.5. The minimum absolute atomic E-state index is 0.133. The maximum absolute atomic E-state index is 12.1. The maximum atomic E-state index is 12.1. The van der Waals surface area contributed by atoms with Crippen LogP contribution in [-0.4, -0.2) is 16.1 Å². The molecule has 0 radical (unpaired) electrons. The van der Waals surface area contributed by atoms with Crippen LogP contribution in [0.3, 0.4) is 0 Å². The molecule has 0 aliphatic carbocycles. The van der Waals surface area contributed by atoms with Gasteiger partial charge < -0.3 is 5.32 Å². The molecule has 0 unspecified atom stereocenters. The fourth-order valence-corrected chi connectivity index (χ4v) is 3.15. The van der Waals surface area contributed by atoms with E-state index in [2.05, 4.69) is 15.5 Å². The fraction of sp³-hybridized carbons (Fsp3) is 0.118. The van der Waals surface area contributed by atoms with Crippen molar-refractivity contribution in [2.75, 3.05) is 5.32 Å². The van der Waals surface area contributed by atoms with Gasteiger partial charge in [0.1, 0.15) is 5.01 Å². The Morgan fingerprint density at radius 1 is 0.917 bits per heavy atom. The maximum Gasteiger partial charge on any atom is 0.230 e. The van der Waals surface area contributed by atoms with Gasteiger partial charge in [0.25, 0.3) is 0 Å². The molecule has 0 spiro atoms. The second kappa shape index (κ2) is 7.75. The third kappa shape index (κ3) is 4.77. The van der Waals surface area contributed by atoms with Crippen LogP contribution in [0.25, 0.3) is 0 Å². The van der Waals surface area contributed by atoms with Crippen LogP contribution in [-0.2, 0) is 17.6 Å². The molecule has 3 rings (SSSR count). The molecule has 1 aromatic heterocycles. The Hall–Kier alpha value is -1.95. The van der Waals surface area contributed by atoms with E-state index in [0.717, 1.165) is 16.1 Å². The monoisotopic (exact) mass is 377 g/mol. The molecular formula is C17H13Cl2N3OS. The van der Waals surface area contributed by atoms with Crippen LogP contribution in [0.5, 0.6) is 0 Å². The van der Waals surface area contributed by atoms with Crippen LogP contribution in [0, 0.1) is 0 Å². The third-order valence-electron chi connectivity index (χ3n) is 3.26. The molecule has 1 amide bonds. The van der Waals surface area contributed by atoms with Crippen molar-refractivity contribution in [1.29, 1.82) is 0 Å². The van der Waals surface area contributed by atoms with Gasteiger partial charge in [-0.2, -0.15) is 0 Å². The number of rotatable bonds is 5. The van der Waals surface area contributed by atoms with Crippen molar-refractivity contribution in [3.05, 3.63) is 74.7 Å². The first kappa shape index (κ1) is 16.9. The largest absolute Gasteiger partial charge is 0.300 e. The van der Waals surface area contributed by atoms with E-state index < -0.39 is 0 Å². The van der Waals surface area contributed by atoms with Gasteiger partial charge in [0.05, 0.1) is 6.42 Å². The van der Waals surface area contributed by atoms with Gasteiger partial charge in [0.2, 0.25) is 11.0 Å². The van der Waals surface area contributed by atoms with Crippen LogP contribution >= 0.6 is 34.5 Å². The summed E-state index contributed by atoms with van der Waals surface area (Å²) >= 11 is 13.1. The molecule has 0 bridgehead atoms. The molecule has 0 aliphatic heterocycles. The Morgan fingerprint density at radius 3 is 2.12 bits per heavy atom. The van der Waals surface area contributed by atoms with E-state index in [-0.39, 0.29) is 12.3 Å². The molecule has 0 fully saturated rings. The van der Waals surface area contributed by atoms with Gasteiger partial charge in [0.15, 0.2) is 0 Å². The summed E-state index contributed by atoms with van der Waals surface area (Å²) in [5.74, 6) is -0.133. The number of anilines is 1. The average molecular weight is 378 g/mol. The molecule has 0 aliphatic rings. The molecule has 24 heavy (non-hydrogen) atoms. The van der Waals surface area contributed by atoms with Crippen LogP contribution < -0.4 is 5.32 Å². The number of hydrogen-bond acceptors (Lipinski definition) is 4. The van der Waals surface area contributed by atoms with Gasteiger partial charge in [-0.1, -0.05) is 58.8 Å². The van der Waals surface area contributed by atoms with Crippen molar-refractivity contribution in [2.24, 2.45) is 0 Å². The minimum Gasteiger partial charge on any atom is -0.300 e. The van der Waals surface area contributed by atoms with E-state index in [0.29, 0.717) is 21.6 Å². The smallest absolute Gasteiger partial charge is 0.230 e. The SMILES string of the molecule is O=C(Cc1ccc(Cl)cc1)Nc1nnc(Cc2ccc(Cl)cc2)s1. The highest BCUT2D eigenvalue weighted by Gasteiger charge is 2.09. The molecule has 3 aromatic rings. The summed E-state index contributed by atoms with van der Waals surface area (Å²) in [6, 6.07) is 14.8. The van der Waals surface area contributed by atoms with Crippen molar-refractivity contribution in [3.8, 4) is 0 Å². The number of amides is 1. The first-order valence-corrected chi connectivity index (χ1v) is 8.77. The van der Waals surface area contributed by atoms with Crippen molar-refractivity contribution in [3.63, 3.8) is 0 Å². The minimum atomic E-state index is -0.133. The van der Waals surface area contributed by atoms with E-state index >= 15 is 0 Å². The predicted molar refractivity (Wildman–Crippen MR) is 98.0 cm³/mol. The third-order valence-corrected chi connectivity index (χ3v) is 4.60. The van der Waals surface area contributed by atoms with E-state index in [1.54, 1.807) is 12.1 Å². The average Bonchev–Trinajstić information content (AvgIpc) is 2.99. The van der Waals surface area contributed by atoms with Gasteiger partial charge in [-0.15, -0.1) is 10.2 Å². The number of halogens is 2. The topological polar surface area (TPSA) is 54.9 Å². The molecular weight excluding hydrogens is 365 g/mol. The molecule has 0 saturated carbocycles. The van der Waals surface area contributed by atoms with Crippen molar-refractivity contribution >= 4 is 45.6 Å². The molecule has 1 N–H and O–H groups in total. The van der Waals surface area contributed by atoms with Gasteiger partial charge in [0, 0.05) is 16.5 Å². The first-order valence-electron chi connectivity index (χ1n) is 7.19. The van der Waals surface area contributed by atoms with Crippen molar-refractivity contribution < 1.29 is 4.79 Å². The van der Waals surface area contributed by atoms with Crippen LogP contribution in [0.4, 0.5) is 5.13 Å². The Kier molecular flexibility index (Phi) is 5.45. The lowest BCUT2D eigenvalue weighted by Crippen LogP contribution is -2.14. The lowest BCUT2D eigenvalue weighted by Gasteiger charge is -2.01. The Morgan fingerprint density at radius 2 is 1.50 bits per heavy atom. The number of hydrogen-bond donors (Lipinski definition) is 1. The number of aromatic nitrogens is 2. The van der Waals surface area contributed by atoms with Crippen LogP contribution in [0.15, 0.2) is 48.5 Å². The van der Waals surface area contributed by atoms with Crippen molar-refractivity contribution in [2.45, 2.75) is 12.8 Å². The molecule has 2 aromatic carbocycles. The lowest BCUT2D eigenvalue weighted by atomic mass is 10.1. The molecule has 0 atom stereocenters. The highest BCUT2D eigenvalue weighted by Crippen LogP contribution is 2.20. The highest BCUT2D eigenvalue weighted by molar-refractivity contribution is 7.15. The molecule has 4 nitrogen and oxygen atoms in total. The van der Waals surface area contributed by atoms with E-state index in [1.165, 1.54) is 11.3 Å². The van der Waals surface area contributed by atoms with Crippen LogP contribution in [0.1, 0.15) is 16.1 Å². The zero-order chi connectivity index (χ0) is 16.9. The van der Waals surface area contributed by atoms with E-state index in [1.807, 2.05) is 36.4 Å². The number of nitrogens with zero attached hydrogens (tertiary/aromatic N) is 2. The Balaban J connectivity index is 1.58. The summed E-state index contributed by atoms with van der Waals surface area (Å²) in [6.07, 6.45) is 0.922. The second-order valence-corrected chi connectivity index (χ2v) is 7.09. The van der Waals surface area contributed by atoms with Crippen LogP contribution in [0.2, 0.25) is 10.0 Å². The molecule has 122 valence electrons. The number of carbonyl (C=O) groups is 1. The predicted octanol–water partition coefficient (Wildman–Crippen LogP) is 4.62. The first-order chi connectivity index (χ1) is 11.6. The van der Waals surface area contributed by atoms with Gasteiger partial charge in [-0.3, -0.25) is 4.79 Å². The fourth-order valence-electron chi connectivity index (χ4n) is 2.10. The Labute approximate surface area is 153 Å². The summed E-state index contributed by atoms with van der Waals surface area (Å²) in [4.78, 5) is 12.1. The molecule has 0 saturated heterocycles. The quantitative estimate of drug-likeness (QED) is 0.705. The second-order valence-electron chi connectivity index (χ2n) is 5.16. The number of benzene rings is 2. The summed E-state index contributed by atoms with van der Waals surface area (Å²) in [5, 5.41) is 13.6.